The van der Waals surface area contributed by atoms with E-state index in [1.807, 2.05) is 80.2 Å². The Bertz CT molecular complexity index is 3580. The second-order valence-corrected chi connectivity index (χ2v) is 24.1. The van der Waals surface area contributed by atoms with Crippen LogP contribution >= 0.6 is 0 Å². The zero-order valence-electron chi connectivity index (χ0n) is 49.8. The average molecular weight is 1160 g/mol. The third kappa shape index (κ3) is 15.7. The van der Waals surface area contributed by atoms with Gasteiger partial charge >= 0.3 is 0 Å². The van der Waals surface area contributed by atoms with Crippen LogP contribution in [0, 0.1) is 0 Å². The van der Waals surface area contributed by atoms with E-state index in [-0.39, 0.29) is 46.0 Å². The standard InChI is InChI=1S/C31H38N8O3.C26H30N8O2.C5H8O2/c1-31(2,3)29-37-36-28(42-29)27(40)16-20-8-12-39(24-9-13-41-14-10-24)18-22-15-21(5-6-25(20)22)26-7-11-32-30(35-26)34-23-17-33-38(4)19-23;1-26(2,3)24-33-32-23(36-24)22(35)12-16-7-9-27-13-18-11-17(5-6-20(16)18)21-8-10-28-25(31-21)30-19-14-29-34(4)15-19;6-5-1-3-7-4-2-5/h5-7,11,15,17,19-20,24H,8-10,12-14,16,18H2,1-4H3,(H,32,34,35);5-6,8,10-11,14-16,27H,7,9,12-13H2,1-4H3,(H,28,30,31);1-4H2. The number of carbonyl (C=O) groups excluding carboxylic acids is 3. The molecule has 4 aliphatic heterocycles. The maximum absolute atomic E-state index is 13.4. The van der Waals surface area contributed by atoms with E-state index in [9.17, 15) is 14.4 Å². The van der Waals surface area contributed by atoms with E-state index in [2.05, 4.69) is 103 Å². The fourth-order valence-electron chi connectivity index (χ4n) is 10.7. The number of Topliss-reactive ketones (excluding diaryl/α,β-unsaturated/α-hetero) is 3. The first-order valence-corrected chi connectivity index (χ1v) is 29.2. The summed E-state index contributed by atoms with van der Waals surface area (Å²) in [6.07, 6.45) is 16.4. The first-order valence-electron chi connectivity index (χ1n) is 29.2. The van der Waals surface area contributed by atoms with Gasteiger partial charge in [0.15, 0.2) is 0 Å². The van der Waals surface area contributed by atoms with Crippen LogP contribution < -0.4 is 16.0 Å². The van der Waals surface area contributed by atoms with Crippen LogP contribution in [0.3, 0.4) is 0 Å². The molecule has 0 bridgehead atoms. The number of anilines is 4. The third-order valence-corrected chi connectivity index (χ3v) is 15.3. The predicted molar refractivity (Wildman–Crippen MR) is 318 cm³/mol. The highest BCUT2D eigenvalue weighted by Gasteiger charge is 2.33. The number of aryl methyl sites for hydroxylation is 2. The molecule has 12 rings (SSSR count). The zero-order valence-corrected chi connectivity index (χ0v) is 49.8. The summed E-state index contributed by atoms with van der Waals surface area (Å²) in [4.78, 5) is 57.5. The minimum atomic E-state index is -0.310. The van der Waals surface area contributed by atoms with Crippen LogP contribution in [0.4, 0.5) is 23.3 Å². The van der Waals surface area contributed by atoms with Gasteiger partial charge in [-0.25, -0.2) is 19.9 Å². The van der Waals surface area contributed by atoms with Crippen LogP contribution in [-0.2, 0) is 52.3 Å². The molecule has 2 fully saturated rings. The van der Waals surface area contributed by atoms with Gasteiger partial charge in [-0.2, -0.15) is 10.2 Å². The first-order chi connectivity index (χ1) is 40.9. The molecule has 6 aromatic heterocycles. The van der Waals surface area contributed by atoms with Gasteiger partial charge in [-0.15, -0.1) is 20.4 Å². The largest absolute Gasteiger partial charge is 0.418 e. The normalized spacial score (nSPS) is 17.7. The van der Waals surface area contributed by atoms with E-state index >= 15 is 0 Å². The maximum atomic E-state index is 13.4. The molecule has 0 radical (unpaired) electrons. The van der Waals surface area contributed by atoms with Gasteiger partial charge < -0.3 is 34.3 Å². The number of nitrogens with zero attached hydrogens (tertiary/aromatic N) is 13. The molecule has 0 saturated carbocycles. The molecule has 2 aromatic carbocycles. The van der Waals surface area contributed by atoms with Gasteiger partial charge in [0.25, 0.3) is 11.8 Å². The number of rotatable bonds is 13. The van der Waals surface area contributed by atoms with Crippen molar-refractivity contribution >= 4 is 40.6 Å². The summed E-state index contributed by atoms with van der Waals surface area (Å²) in [5.41, 5.74) is 9.42. The SMILES string of the molecule is Cn1cc(Nc2nccc(-c3ccc4c(c3)CN(C3CCOCC3)CCC4CC(=O)c3nnc(C(C)(C)C)o3)n2)cn1.Cn1cc(Nc2nccc(-c3ccc4c(c3)CNCCC4CC(=O)c3nnc(C(C)(C)C)o3)n2)cn1.O=C1CCOCC1. The number of aromatic nitrogens is 12. The highest BCUT2D eigenvalue weighted by atomic mass is 16.5. The Balaban J connectivity index is 0.000000171. The molecule has 446 valence electrons. The molecule has 23 heteroatoms. The number of carbonyl (C=O) groups is 3. The Labute approximate surface area is 494 Å². The quantitative estimate of drug-likeness (QED) is 0.0906. The van der Waals surface area contributed by atoms with E-state index < -0.39 is 0 Å². The minimum Gasteiger partial charge on any atom is -0.418 e. The van der Waals surface area contributed by atoms with Crippen LogP contribution in [0.15, 0.2) is 94.5 Å². The Kier molecular flexibility index (Phi) is 18.9. The molecule has 0 spiro atoms. The van der Waals surface area contributed by atoms with Crippen LogP contribution in [0.5, 0.6) is 0 Å². The molecular weight excluding hydrogens is 1080 g/mol. The van der Waals surface area contributed by atoms with Crippen molar-refractivity contribution < 1.29 is 32.7 Å². The van der Waals surface area contributed by atoms with Gasteiger partial charge in [-0.3, -0.25) is 28.6 Å². The van der Waals surface area contributed by atoms with Crippen molar-refractivity contribution in [3.63, 3.8) is 0 Å². The molecule has 8 aromatic rings. The summed E-state index contributed by atoms with van der Waals surface area (Å²) in [6, 6.07) is 17.1. The highest BCUT2D eigenvalue weighted by Crippen LogP contribution is 2.38. The van der Waals surface area contributed by atoms with Crippen molar-refractivity contribution in [2.24, 2.45) is 14.1 Å². The summed E-state index contributed by atoms with van der Waals surface area (Å²) in [5, 5.41) is 34.6. The first kappa shape index (κ1) is 59.9. The Morgan fingerprint density at radius 1 is 0.635 bits per heavy atom. The van der Waals surface area contributed by atoms with Crippen LogP contribution in [-0.4, -0.2) is 128 Å². The lowest BCUT2D eigenvalue weighted by molar-refractivity contribution is -0.124. The van der Waals surface area contributed by atoms with Crippen molar-refractivity contribution in [2.75, 3.05) is 50.2 Å². The maximum Gasteiger partial charge on any atom is 0.284 e. The van der Waals surface area contributed by atoms with Gasteiger partial charge in [0.2, 0.25) is 35.2 Å². The van der Waals surface area contributed by atoms with Gasteiger partial charge in [0, 0.05) is 119 Å². The lowest BCUT2D eigenvalue weighted by atomic mass is 9.87. The second kappa shape index (κ2) is 26.8. The summed E-state index contributed by atoms with van der Waals surface area (Å²) in [5.74, 6) is 2.36. The lowest BCUT2D eigenvalue weighted by Crippen LogP contribution is -2.39. The Hall–Kier alpha value is -8.25. The van der Waals surface area contributed by atoms with E-state index in [0.717, 1.165) is 110 Å². The number of hydrogen-bond donors (Lipinski definition) is 3. The molecule has 0 aliphatic carbocycles. The van der Waals surface area contributed by atoms with Gasteiger partial charge in [0.05, 0.1) is 48.4 Å². The van der Waals surface area contributed by atoms with Crippen LogP contribution in [0.2, 0.25) is 0 Å². The van der Waals surface area contributed by atoms with Crippen molar-refractivity contribution in [3.8, 4) is 22.5 Å². The number of ketones is 3. The molecule has 3 N–H and O–H groups in total. The fraction of sp³-hybridized carbons (Fsp3) is 0.468. The molecule has 2 atom stereocenters. The fourth-order valence-corrected chi connectivity index (χ4v) is 10.7. The minimum absolute atomic E-state index is 0.0459. The molecule has 10 heterocycles. The second-order valence-electron chi connectivity index (χ2n) is 24.1. The highest BCUT2D eigenvalue weighted by molar-refractivity contribution is 5.92. The number of benzene rings is 2. The predicted octanol–water partition coefficient (Wildman–Crippen LogP) is 9.56. The van der Waals surface area contributed by atoms with Crippen molar-refractivity contribution in [1.82, 2.24) is 70.1 Å². The molecule has 2 unspecified atom stereocenters. The van der Waals surface area contributed by atoms with Crippen LogP contribution in [0.25, 0.3) is 22.5 Å². The van der Waals surface area contributed by atoms with Crippen molar-refractivity contribution in [3.05, 3.63) is 132 Å². The number of fused-ring (bicyclic) bond motifs is 2. The van der Waals surface area contributed by atoms with E-state index in [4.69, 9.17) is 23.3 Å². The smallest absolute Gasteiger partial charge is 0.284 e. The number of nitrogens with one attached hydrogen (secondary N) is 3. The summed E-state index contributed by atoms with van der Waals surface area (Å²) in [7, 11) is 3.73. The van der Waals surface area contributed by atoms with Gasteiger partial charge in [-0.05, 0) is 97.1 Å². The monoisotopic (exact) mass is 1160 g/mol. The van der Waals surface area contributed by atoms with Crippen molar-refractivity contribution in [1.29, 1.82) is 0 Å². The lowest BCUT2D eigenvalue weighted by Gasteiger charge is -2.33. The van der Waals surface area contributed by atoms with Crippen molar-refractivity contribution in [2.45, 2.75) is 135 Å². The molecule has 85 heavy (non-hydrogen) atoms. The molecule has 0 amide bonds. The van der Waals surface area contributed by atoms with E-state index in [1.54, 1.807) is 34.2 Å². The van der Waals surface area contributed by atoms with E-state index in [0.29, 0.717) is 74.4 Å². The topological polar surface area (TPSA) is 274 Å². The number of hydrogen-bond acceptors (Lipinski definition) is 21. The number of ether oxygens (including phenoxy) is 2. The zero-order chi connectivity index (χ0) is 59.7. The van der Waals surface area contributed by atoms with Gasteiger partial charge in [0.1, 0.15) is 5.78 Å². The van der Waals surface area contributed by atoms with Gasteiger partial charge in [-0.1, -0.05) is 65.8 Å². The summed E-state index contributed by atoms with van der Waals surface area (Å²) < 4.78 is 25.5. The molecule has 23 nitrogen and oxygen atoms in total. The Morgan fingerprint density at radius 2 is 1.14 bits per heavy atom. The molecular formula is C62H76N16O7. The van der Waals surface area contributed by atoms with Crippen LogP contribution in [0.1, 0.15) is 160 Å². The average Bonchev–Trinajstić information content (AvgIpc) is 3.99. The van der Waals surface area contributed by atoms with E-state index in [1.165, 1.54) is 11.1 Å². The molecule has 4 aliphatic rings. The Morgan fingerprint density at radius 3 is 1.62 bits per heavy atom. The molecule has 2 saturated heterocycles. The summed E-state index contributed by atoms with van der Waals surface area (Å²) in [6.45, 7) is 18.1. The third-order valence-electron chi connectivity index (χ3n) is 15.3. The summed E-state index contributed by atoms with van der Waals surface area (Å²) >= 11 is 0.